The van der Waals surface area contributed by atoms with Crippen molar-refractivity contribution in [2.24, 2.45) is 0 Å². The van der Waals surface area contributed by atoms with Gasteiger partial charge in [0.25, 0.3) is 17.7 Å². The molecule has 0 saturated heterocycles. The van der Waals surface area contributed by atoms with E-state index in [-0.39, 0.29) is 23.2 Å². The Hall–Kier alpha value is -5.16. The van der Waals surface area contributed by atoms with E-state index in [4.69, 9.17) is 14.2 Å². The van der Waals surface area contributed by atoms with Crippen LogP contribution in [0.3, 0.4) is 0 Å². The Balaban J connectivity index is 1.30. The maximum absolute atomic E-state index is 13.3. The summed E-state index contributed by atoms with van der Waals surface area (Å²) < 4.78 is 11.0. The number of amides is 3. The van der Waals surface area contributed by atoms with Gasteiger partial charge in [-0.2, -0.15) is 0 Å². The van der Waals surface area contributed by atoms with E-state index < -0.39 is 18.5 Å². The van der Waals surface area contributed by atoms with Crippen LogP contribution in [0.25, 0.3) is 22.2 Å². The van der Waals surface area contributed by atoms with Crippen molar-refractivity contribution in [3.63, 3.8) is 0 Å². The van der Waals surface area contributed by atoms with Gasteiger partial charge in [-0.1, -0.05) is 45.4 Å². The number of rotatable bonds is 6. The van der Waals surface area contributed by atoms with Crippen LogP contribution in [0.1, 0.15) is 42.4 Å². The zero-order valence-corrected chi connectivity index (χ0v) is 23.9. The van der Waals surface area contributed by atoms with Gasteiger partial charge >= 0.3 is 5.97 Å². The molecular formula is C31H21BrN4O6. The van der Waals surface area contributed by atoms with Crippen molar-refractivity contribution in [2.75, 3.05) is 16.8 Å². The smallest absolute Gasteiger partial charge is 0.339 e. The predicted molar refractivity (Wildman–Crippen MR) is 157 cm³/mol. The van der Waals surface area contributed by atoms with Gasteiger partial charge in [-0.15, -0.1) is 0 Å². The van der Waals surface area contributed by atoms with Crippen LogP contribution in [0.15, 0.2) is 81.8 Å². The summed E-state index contributed by atoms with van der Waals surface area (Å²) >= 11 is 3.47. The Kier molecular flexibility index (Phi) is 6.87. The van der Waals surface area contributed by atoms with Crippen molar-refractivity contribution >= 4 is 62.0 Å². The van der Waals surface area contributed by atoms with Crippen LogP contribution in [0.4, 0.5) is 11.5 Å². The number of halogens is 1. The minimum atomic E-state index is -0.713. The number of nitrogens with zero attached hydrogens (tertiary/aromatic N) is 3. The number of hydrogen-bond acceptors (Lipinski definition) is 8. The quantitative estimate of drug-likeness (QED) is 0.183. The zero-order valence-electron chi connectivity index (χ0n) is 22.3. The number of aromatic nitrogens is 2. The SMILES string of the molecule is Cc1cc(NC(=O)COC(=O)c2cc(-c3ccc(N4C(=O)c5ccccc5C4=O)cc3)nc3c(C)cc(Br)cc23)no1. The molecule has 0 radical (unpaired) electrons. The molecule has 1 aliphatic rings. The highest BCUT2D eigenvalue weighted by molar-refractivity contribution is 9.10. The number of carbonyl (C=O) groups excluding carboxylic acids is 4. The van der Waals surface area contributed by atoms with E-state index in [0.29, 0.717) is 44.7 Å². The normalized spacial score (nSPS) is 12.5. The fraction of sp³-hybridized carbons (Fsp3) is 0.0968. The number of carbonyl (C=O) groups is 4. The summed E-state index contributed by atoms with van der Waals surface area (Å²) in [6.45, 7) is 3.02. The molecule has 0 fully saturated rings. The second kappa shape index (κ2) is 10.7. The van der Waals surface area contributed by atoms with E-state index in [9.17, 15) is 19.2 Å². The Bertz CT molecular complexity index is 1900. The first-order valence-corrected chi connectivity index (χ1v) is 13.6. The standard InChI is InChI=1S/C31H21BrN4O6/c1-16-11-19(32)13-23-24(31(40)41-15-27(37)34-26-12-17(2)42-35-26)14-25(33-28(16)23)18-7-9-20(10-8-18)36-29(38)21-5-3-4-6-22(21)30(36)39/h3-14H,15H2,1-2H3,(H,34,35,37). The van der Waals surface area contributed by atoms with E-state index in [0.717, 1.165) is 14.9 Å². The molecule has 3 heterocycles. The van der Waals surface area contributed by atoms with Crippen molar-refractivity contribution in [3.8, 4) is 11.3 Å². The average Bonchev–Trinajstić information content (AvgIpc) is 3.50. The first-order valence-electron chi connectivity index (χ1n) is 12.8. The van der Waals surface area contributed by atoms with Gasteiger partial charge in [0.15, 0.2) is 12.4 Å². The Morgan fingerprint density at radius 1 is 0.952 bits per heavy atom. The monoisotopic (exact) mass is 624 g/mol. The number of esters is 1. The fourth-order valence-electron chi connectivity index (χ4n) is 4.79. The topological polar surface area (TPSA) is 132 Å². The van der Waals surface area contributed by atoms with E-state index >= 15 is 0 Å². The predicted octanol–water partition coefficient (Wildman–Crippen LogP) is 5.87. The third kappa shape index (κ3) is 4.94. The van der Waals surface area contributed by atoms with Gasteiger partial charge in [0.1, 0.15) is 5.76 Å². The second-order valence-electron chi connectivity index (χ2n) is 9.66. The van der Waals surface area contributed by atoms with Crippen molar-refractivity contribution in [1.29, 1.82) is 0 Å². The molecule has 2 aromatic heterocycles. The molecule has 11 heteroatoms. The van der Waals surface area contributed by atoms with Crippen LogP contribution in [0.5, 0.6) is 0 Å². The molecule has 5 aromatic rings. The lowest BCUT2D eigenvalue weighted by Gasteiger charge is -2.15. The number of hydrogen-bond donors (Lipinski definition) is 1. The van der Waals surface area contributed by atoms with Gasteiger partial charge in [0, 0.05) is 21.5 Å². The van der Waals surface area contributed by atoms with Gasteiger partial charge in [0.05, 0.1) is 33.6 Å². The number of aryl methyl sites for hydroxylation is 2. The molecule has 0 atom stereocenters. The van der Waals surface area contributed by atoms with Crippen molar-refractivity contribution in [2.45, 2.75) is 13.8 Å². The molecule has 0 saturated carbocycles. The van der Waals surface area contributed by atoms with Crippen LogP contribution in [0, 0.1) is 13.8 Å². The average molecular weight is 625 g/mol. The highest BCUT2D eigenvalue weighted by atomic mass is 79.9. The minimum Gasteiger partial charge on any atom is -0.452 e. The number of ether oxygens (including phenoxy) is 1. The minimum absolute atomic E-state index is 0.217. The number of fused-ring (bicyclic) bond motifs is 2. The largest absolute Gasteiger partial charge is 0.452 e. The first-order chi connectivity index (χ1) is 20.2. The van der Waals surface area contributed by atoms with Crippen molar-refractivity contribution in [1.82, 2.24) is 10.1 Å². The van der Waals surface area contributed by atoms with Gasteiger partial charge in [-0.25, -0.2) is 14.7 Å². The summed E-state index contributed by atoms with van der Waals surface area (Å²) in [5, 5.41) is 6.75. The third-order valence-corrected chi connectivity index (χ3v) is 7.19. The van der Waals surface area contributed by atoms with E-state index in [1.165, 1.54) is 0 Å². The van der Waals surface area contributed by atoms with Gasteiger partial charge in [-0.3, -0.25) is 14.4 Å². The second-order valence-corrected chi connectivity index (χ2v) is 10.6. The van der Waals surface area contributed by atoms with Crippen molar-refractivity contribution < 1.29 is 28.4 Å². The molecule has 0 spiro atoms. The van der Waals surface area contributed by atoms with Gasteiger partial charge in [-0.05, 0) is 61.9 Å². The number of benzene rings is 3. The highest BCUT2D eigenvalue weighted by Crippen LogP contribution is 2.33. The molecule has 0 unspecified atom stereocenters. The third-order valence-electron chi connectivity index (χ3n) is 6.73. The molecule has 10 nitrogen and oxygen atoms in total. The number of nitrogens with one attached hydrogen (secondary N) is 1. The number of anilines is 2. The zero-order chi connectivity index (χ0) is 29.5. The van der Waals surface area contributed by atoms with E-state index in [2.05, 4.69) is 26.4 Å². The Labute approximate surface area is 247 Å². The molecule has 3 amide bonds. The molecular weight excluding hydrogens is 604 g/mol. The maximum Gasteiger partial charge on any atom is 0.339 e. The fourth-order valence-corrected chi connectivity index (χ4v) is 5.36. The molecule has 0 bridgehead atoms. The Morgan fingerprint density at radius 3 is 2.29 bits per heavy atom. The number of imide groups is 1. The summed E-state index contributed by atoms with van der Waals surface area (Å²) in [6, 6.07) is 20.2. The molecule has 42 heavy (non-hydrogen) atoms. The molecule has 208 valence electrons. The summed E-state index contributed by atoms with van der Waals surface area (Å²) in [6.07, 6.45) is 0. The van der Waals surface area contributed by atoms with Crippen molar-refractivity contribution in [3.05, 3.63) is 105 Å². The summed E-state index contributed by atoms with van der Waals surface area (Å²) in [5.41, 5.74) is 3.86. The maximum atomic E-state index is 13.3. The summed E-state index contributed by atoms with van der Waals surface area (Å²) in [7, 11) is 0. The van der Waals surface area contributed by atoms with Crippen LogP contribution < -0.4 is 10.2 Å². The molecule has 1 N–H and O–H groups in total. The van der Waals surface area contributed by atoms with E-state index in [1.807, 2.05) is 13.0 Å². The van der Waals surface area contributed by atoms with E-state index in [1.54, 1.807) is 73.7 Å². The lowest BCUT2D eigenvalue weighted by atomic mass is 10.0. The van der Waals surface area contributed by atoms with Crippen LogP contribution in [-0.2, 0) is 9.53 Å². The lowest BCUT2D eigenvalue weighted by Crippen LogP contribution is -2.29. The Morgan fingerprint density at radius 2 is 1.64 bits per heavy atom. The molecule has 0 aliphatic carbocycles. The summed E-state index contributed by atoms with van der Waals surface area (Å²) in [5.74, 6) is -1.32. The van der Waals surface area contributed by atoms with Gasteiger partial charge < -0.3 is 14.6 Å². The lowest BCUT2D eigenvalue weighted by molar-refractivity contribution is -0.119. The molecule has 3 aromatic carbocycles. The first kappa shape index (κ1) is 27.0. The van der Waals surface area contributed by atoms with Crippen LogP contribution in [0.2, 0.25) is 0 Å². The van der Waals surface area contributed by atoms with Gasteiger partial charge in [0.2, 0.25) is 0 Å². The number of pyridine rings is 1. The molecule has 1 aliphatic heterocycles. The van der Waals surface area contributed by atoms with Crippen LogP contribution in [-0.4, -0.2) is 40.4 Å². The van der Waals surface area contributed by atoms with Crippen LogP contribution >= 0.6 is 15.9 Å². The molecule has 6 rings (SSSR count). The summed E-state index contributed by atoms with van der Waals surface area (Å²) in [4.78, 5) is 57.4. The highest BCUT2D eigenvalue weighted by Gasteiger charge is 2.36.